The van der Waals surface area contributed by atoms with Crippen LogP contribution in [-0.4, -0.2) is 102 Å². The molecule has 14 heteroatoms. The summed E-state index contributed by atoms with van der Waals surface area (Å²) in [7, 11) is 8.93. The molecule has 0 unspecified atom stereocenters. The van der Waals surface area contributed by atoms with E-state index < -0.39 is 11.9 Å². The molecule has 1 fully saturated rings. The summed E-state index contributed by atoms with van der Waals surface area (Å²) in [6, 6.07) is 2.44. The van der Waals surface area contributed by atoms with E-state index in [2.05, 4.69) is 43.0 Å². The minimum atomic E-state index is -0.489. The number of hydrogen-bond donors (Lipinski definition) is 3. The van der Waals surface area contributed by atoms with E-state index in [4.69, 9.17) is 11.6 Å². The van der Waals surface area contributed by atoms with Gasteiger partial charge in [-0.05, 0) is 38.4 Å². The fourth-order valence-electron chi connectivity index (χ4n) is 4.88. The summed E-state index contributed by atoms with van der Waals surface area (Å²) in [6.07, 6.45) is 3.83. The van der Waals surface area contributed by atoms with Gasteiger partial charge in [-0.1, -0.05) is 11.6 Å². The van der Waals surface area contributed by atoms with Gasteiger partial charge in [0.25, 0.3) is 11.8 Å². The number of amidine groups is 1. The Morgan fingerprint density at radius 1 is 1.12 bits per heavy atom. The highest BCUT2D eigenvalue weighted by Gasteiger charge is 2.37. The summed E-state index contributed by atoms with van der Waals surface area (Å²) in [5.74, 6) is -0.617. The van der Waals surface area contributed by atoms with Gasteiger partial charge in [-0.25, -0.2) is 9.97 Å². The van der Waals surface area contributed by atoms with Crippen molar-refractivity contribution in [3.05, 3.63) is 38.9 Å². The Morgan fingerprint density at radius 2 is 1.90 bits per heavy atom. The monoisotopic (exact) mass is 589 g/mol. The van der Waals surface area contributed by atoms with Crippen molar-refractivity contribution in [2.45, 2.75) is 44.3 Å². The van der Waals surface area contributed by atoms with Gasteiger partial charge in [0.1, 0.15) is 5.82 Å². The predicted octanol–water partition coefficient (Wildman–Crippen LogP) is 1.64. The summed E-state index contributed by atoms with van der Waals surface area (Å²) in [4.78, 5) is 53.1. The molecule has 0 saturated heterocycles. The van der Waals surface area contributed by atoms with Crippen molar-refractivity contribution < 1.29 is 14.4 Å². The normalized spacial score (nSPS) is 21.2. The van der Waals surface area contributed by atoms with Gasteiger partial charge in [0.15, 0.2) is 5.01 Å². The highest BCUT2D eigenvalue weighted by atomic mass is 35.5. The van der Waals surface area contributed by atoms with Crippen LogP contribution in [0.15, 0.2) is 23.4 Å². The van der Waals surface area contributed by atoms with E-state index in [1.54, 1.807) is 45.2 Å². The third kappa shape index (κ3) is 7.46. The van der Waals surface area contributed by atoms with Crippen molar-refractivity contribution in [2.24, 2.45) is 11.0 Å². The zero-order valence-electron chi connectivity index (χ0n) is 23.4. The van der Waals surface area contributed by atoms with Crippen molar-refractivity contribution in [1.29, 1.82) is 0 Å². The van der Waals surface area contributed by atoms with Crippen LogP contribution < -0.4 is 16.0 Å². The van der Waals surface area contributed by atoms with Crippen molar-refractivity contribution in [3.8, 4) is 0 Å². The zero-order valence-corrected chi connectivity index (χ0v) is 25.0. The van der Waals surface area contributed by atoms with Crippen LogP contribution in [0, 0.1) is 5.92 Å². The van der Waals surface area contributed by atoms with Gasteiger partial charge >= 0.3 is 0 Å². The van der Waals surface area contributed by atoms with Crippen molar-refractivity contribution in [1.82, 2.24) is 35.4 Å². The van der Waals surface area contributed by atoms with E-state index in [-0.39, 0.29) is 29.6 Å². The van der Waals surface area contributed by atoms with Gasteiger partial charge in [-0.3, -0.25) is 14.4 Å². The third-order valence-electron chi connectivity index (χ3n) is 6.88. The Bertz CT molecular complexity index is 1260. The number of pyridine rings is 1. The summed E-state index contributed by atoms with van der Waals surface area (Å²) in [5.41, 5.74) is 0.972. The first-order chi connectivity index (χ1) is 19.0. The highest BCUT2D eigenvalue weighted by molar-refractivity contribution is 7.13. The molecule has 2 aliphatic rings. The molecule has 2 aromatic rings. The SMILES string of the molecule is CN1CCc2nc(C(=O)N[C@@H]3C[C@@H](C(=O)N(C)C)CC[C@@H]3N/C(=N/N(C)C)C(=O)Nc3ccc(Cl)cn3)sc2C1. The third-order valence-corrected chi connectivity index (χ3v) is 8.18. The van der Waals surface area contributed by atoms with Gasteiger partial charge < -0.3 is 30.8 Å². The van der Waals surface area contributed by atoms with E-state index in [0.717, 1.165) is 30.1 Å². The molecule has 1 aliphatic heterocycles. The molecule has 3 atom stereocenters. The van der Waals surface area contributed by atoms with Gasteiger partial charge in [0.2, 0.25) is 11.7 Å². The number of likely N-dealkylation sites (N-methyl/N-ethyl adjacent to an activating group) is 1. The fraction of sp³-hybridized carbons (Fsp3) is 0.538. The summed E-state index contributed by atoms with van der Waals surface area (Å²) in [6.45, 7) is 1.68. The lowest BCUT2D eigenvalue weighted by Crippen LogP contribution is -2.57. The second-order valence-corrected chi connectivity index (χ2v) is 12.1. The Hall–Kier alpha value is -3.29. The number of nitrogens with zero attached hydrogens (tertiary/aromatic N) is 6. The molecule has 1 aliphatic carbocycles. The molecule has 4 rings (SSSR count). The first-order valence-electron chi connectivity index (χ1n) is 13.1. The molecule has 216 valence electrons. The summed E-state index contributed by atoms with van der Waals surface area (Å²) >= 11 is 7.32. The van der Waals surface area contributed by atoms with Crippen LogP contribution in [0.2, 0.25) is 5.02 Å². The summed E-state index contributed by atoms with van der Waals surface area (Å²) < 4.78 is 0. The number of amides is 3. The largest absolute Gasteiger partial charge is 0.359 e. The van der Waals surface area contributed by atoms with E-state index in [0.29, 0.717) is 35.1 Å². The highest BCUT2D eigenvalue weighted by Crippen LogP contribution is 2.28. The van der Waals surface area contributed by atoms with Crippen LogP contribution in [-0.2, 0) is 22.6 Å². The minimum absolute atomic E-state index is 0.0131. The molecular formula is C26H36ClN9O3S. The van der Waals surface area contributed by atoms with Gasteiger partial charge in [0, 0.05) is 70.7 Å². The zero-order chi connectivity index (χ0) is 29.0. The maximum absolute atomic E-state index is 13.4. The minimum Gasteiger partial charge on any atom is -0.359 e. The average Bonchev–Trinajstić information content (AvgIpc) is 3.33. The maximum Gasteiger partial charge on any atom is 0.294 e. The first-order valence-corrected chi connectivity index (χ1v) is 14.3. The molecule has 3 amide bonds. The van der Waals surface area contributed by atoms with Crippen LogP contribution in [0.1, 0.15) is 39.6 Å². The number of carbonyl (C=O) groups is 3. The van der Waals surface area contributed by atoms with Crippen molar-refractivity contribution in [2.75, 3.05) is 47.1 Å². The molecule has 40 heavy (non-hydrogen) atoms. The smallest absolute Gasteiger partial charge is 0.294 e. The lowest BCUT2D eigenvalue weighted by molar-refractivity contribution is -0.134. The molecule has 12 nitrogen and oxygen atoms in total. The lowest BCUT2D eigenvalue weighted by Gasteiger charge is -2.37. The number of carbonyl (C=O) groups excluding carboxylic acids is 3. The number of hydrogen-bond acceptors (Lipinski definition) is 9. The van der Waals surface area contributed by atoms with E-state index in [1.165, 1.54) is 22.5 Å². The average molecular weight is 590 g/mol. The fourth-order valence-corrected chi connectivity index (χ4v) is 6.09. The Morgan fingerprint density at radius 3 is 2.58 bits per heavy atom. The maximum atomic E-state index is 13.4. The number of nitrogens with one attached hydrogen (secondary N) is 3. The second kappa shape index (κ2) is 12.9. The second-order valence-electron chi connectivity index (χ2n) is 10.6. The Labute approximate surface area is 243 Å². The molecule has 0 aromatic carbocycles. The van der Waals surface area contributed by atoms with Crippen molar-refractivity contribution in [3.63, 3.8) is 0 Å². The Balaban J connectivity index is 1.54. The molecule has 2 aromatic heterocycles. The van der Waals surface area contributed by atoms with Crippen LogP contribution in [0.3, 0.4) is 0 Å². The Kier molecular flexibility index (Phi) is 9.59. The quantitative estimate of drug-likeness (QED) is 0.263. The van der Waals surface area contributed by atoms with E-state index in [9.17, 15) is 14.4 Å². The van der Waals surface area contributed by atoms with Crippen molar-refractivity contribution >= 4 is 52.3 Å². The van der Waals surface area contributed by atoms with Gasteiger partial charge in [0.05, 0.1) is 16.8 Å². The molecule has 3 N–H and O–H groups in total. The number of aromatic nitrogens is 2. The van der Waals surface area contributed by atoms with Crippen LogP contribution in [0.25, 0.3) is 0 Å². The standard InChI is InChI=1S/C26H36ClN9O3S/c1-34(2)26(39)15-6-8-17(29-22(33-35(3)4)23(37)32-21-9-7-16(27)13-28-21)19(12-15)30-24(38)25-31-18-10-11-36(5)14-20(18)40-25/h7,9,13,15,17,19H,6,8,10-12,14H2,1-5H3,(H,29,33)(H,30,38)(H,28,32,37)/t15-,17-,19+/m0/s1. The van der Waals surface area contributed by atoms with Crippen LogP contribution >= 0.6 is 22.9 Å². The van der Waals surface area contributed by atoms with E-state index in [1.807, 2.05) is 0 Å². The molecule has 0 radical (unpaired) electrons. The first kappa shape index (κ1) is 29.7. The molecule has 0 bridgehead atoms. The molecule has 0 spiro atoms. The molecular weight excluding hydrogens is 554 g/mol. The number of hydrazone groups is 1. The molecule has 1 saturated carbocycles. The van der Waals surface area contributed by atoms with Gasteiger partial charge in [-0.15, -0.1) is 11.3 Å². The van der Waals surface area contributed by atoms with E-state index >= 15 is 0 Å². The van der Waals surface area contributed by atoms with Crippen LogP contribution in [0.5, 0.6) is 0 Å². The lowest BCUT2D eigenvalue weighted by atomic mass is 9.81. The topological polar surface area (TPSA) is 135 Å². The van der Waals surface area contributed by atoms with Gasteiger partial charge in [-0.2, -0.15) is 5.10 Å². The predicted molar refractivity (Wildman–Crippen MR) is 155 cm³/mol. The van der Waals surface area contributed by atoms with Crippen LogP contribution in [0.4, 0.5) is 5.82 Å². The number of rotatable bonds is 6. The molecule has 3 heterocycles. The number of fused-ring (bicyclic) bond motifs is 1. The summed E-state index contributed by atoms with van der Waals surface area (Å²) in [5, 5.41) is 15.8. The number of thiazole rings is 1. The number of halogens is 1. The number of anilines is 1.